The quantitative estimate of drug-likeness (QED) is 0.805. The van der Waals surface area contributed by atoms with Crippen LogP contribution in [0.25, 0.3) is 5.65 Å². The van der Waals surface area contributed by atoms with Gasteiger partial charge in [0.15, 0.2) is 0 Å². The topological polar surface area (TPSA) is 55.6 Å². The number of amides is 1. The molecule has 0 spiro atoms. The third kappa shape index (κ3) is 2.88. The van der Waals surface area contributed by atoms with Crippen molar-refractivity contribution < 1.29 is 18.3 Å². The van der Waals surface area contributed by atoms with Crippen LogP contribution in [-0.2, 0) is 0 Å². The van der Waals surface area contributed by atoms with Gasteiger partial charge in [-0.25, -0.2) is 4.98 Å². The number of aromatic nitrogens is 2. The Morgan fingerprint density at radius 3 is 2.73 bits per heavy atom. The summed E-state index contributed by atoms with van der Waals surface area (Å²) in [4.78, 5) is 16.4. The van der Waals surface area contributed by atoms with E-state index in [2.05, 4.69) is 15.0 Å². The molecule has 3 rings (SSSR count). The van der Waals surface area contributed by atoms with E-state index in [1.807, 2.05) is 6.07 Å². The second kappa shape index (κ2) is 5.80. The summed E-state index contributed by atoms with van der Waals surface area (Å²) >= 11 is 0. The zero-order valence-electron chi connectivity index (χ0n) is 11.2. The number of fused-ring (bicyclic) bond motifs is 1. The van der Waals surface area contributed by atoms with Crippen molar-refractivity contribution in [1.29, 1.82) is 0 Å². The van der Waals surface area contributed by atoms with Crippen LogP contribution >= 0.6 is 0 Å². The first-order valence-corrected chi connectivity index (χ1v) is 6.42. The van der Waals surface area contributed by atoms with Crippen LogP contribution in [0.3, 0.4) is 0 Å². The number of ether oxygens (including phenoxy) is 1. The minimum absolute atomic E-state index is 0.102. The standard InChI is InChI=1S/C15H11F2N3O2/c16-15(17)22-12-6-2-1-5-10(12)19-14(21)11-9-20-8-4-3-7-13(20)18-11/h1-9,15H,(H,19,21). The van der Waals surface area contributed by atoms with Gasteiger partial charge in [-0.2, -0.15) is 8.78 Å². The Hall–Kier alpha value is -2.96. The van der Waals surface area contributed by atoms with Crippen LogP contribution in [0.2, 0.25) is 0 Å². The van der Waals surface area contributed by atoms with Gasteiger partial charge in [-0.3, -0.25) is 4.79 Å². The molecular weight excluding hydrogens is 292 g/mol. The second-order valence-corrected chi connectivity index (χ2v) is 4.42. The van der Waals surface area contributed by atoms with E-state index < -0.39 is 12.5 Å². The predicted octanol–water partition coefficient (Wildman–Crippen LogP) is 3.19. The highest BCUT2D eigenvalue weighted by Gasteiger charge is 2.15. The summed E-state index contributed by atoms with van der Waals surface area (Å²) in [6, 6.07) is 11.3. The van der Waals surface area contributed by atoms with Gasteiger partial charge in [0.05, 0.1) is 5.69 Å². The minimum atomic E-state index is -2.96. The number of halogens is 2. The average molecular weight is 303 g/mol. The summed E-state index contributed by atoms with van der Waals surface area (Å²) in [7, 11) is 0. The predicted molar refractivity (Wildman–Crippen MR) is 76.2 cm³/mol. The fourth-order valence-electron chi connectivity index (χ4n) is 2.00. The molecule has 3 aromatic rings. The van der Waals surface area contributed by atoms with E-state index in [9.17, 15) is 13.6 Å². The van der Waals surface area contributed by atoms with Crippen molar-refractivity contribution in [2.75, 3.05) is 5.32 Å². The number of carbonyl (C=O) groups is 1. The molecule has 0 bridgehead atoms. The van der Waals surface area contributed by atoms with E-state index in [-0.39, 0.29) is 17.1 Å². The lowest BCUT2D eigenvalue weighted by Crippen LogP contribution is -2.14. The van der Waals surface area contributed by atoms with Crippen LogP contribution in [0, 0.1) is 0 Å². The summed E-state index contributed by atoms with van der Waals surface area (Å²) in [5.74, 6) is -0.608. The van der Waals surface area contributed by atoms with Crippen molar-refractivity contribution in [1.82, 2.24) is 9.38 Å². The van der Waals surface area contributed by atoms with Crippen molar-refractivity contribution >= 4 is 17.2 Å². The van der Waals surface area contributed by atoms with Crippen molar-refractivity contribution in [2.45, 2.75) is 6.61 Å². The molecule has 1 aromatic carbocycles. The highest BCUT2D eigenvalue weighted by molar-refractivity contribution is 6.04. The first-order valence-electron chi connectivity index (χ1n) is 6.42. The Kier molecular flexibility index (Phi) is 3.69. The molecule has 0 aliphatic rings. The van der Waals surface area contributed by atoms with E-state index in [1.165, 1.54) is 18.2 Å². The number of rotatable bonds is 4. The molecule has 0 unspecified atom stereocenters. The monoisotopic (exact) mass is 303 g/mol. The maximum absolute atomic E-state index is 12.3. The van der Waals surface area contributed by atoms with Crippen LogP contribution in [0.5, 0.6) is 5.75 Å². The van der Waals surface area contributed by atoms with Gasteiger partial charge in [-0.15, -0.1) is 0 Å². The number of imidazole rings is 1. The summed E-state index contributed by atoms with van der Waals surface area (Å²) in [6.07, 6.45) is 3.31. The van der Waals surface area contributed by atoms with Crippen LogP contribution in [0.15, 0.2) is 54.9 Å². The van der Waals surface area contributed by atoms with Crippen molar-refractivity contribution in [2.24, 2.45) is 0 Å². The highest BCUT2D eigenvalue weighted by atomic mass is 19.3. The fraction of sp³-hybridized carbons (Fsp3) is 0.0667. The van der Waals surface area contributed by atoms with Crippen LogP contribution < -0.4 is 10.1 Å². The molecule has 5 nitrogen and oxygen atoms in total. The molecule has 0 atom stereocenters. The number of anilines is 1. The Balaban J connectivity index is 1.85. The van der Waals surface area contributed by atoms with Crippen LogP contribution in [0.4, 0.5) is 14.5 Å². The molecule has 2 heterocycles. The van der Waals surface area contributed by atoms with Crippen molar-refractivity contribution in [3.8, 4) is 5.75 Å². The summed E-state index contributed by atoms with van der Waals surface area (Å²) in [5.41, 5.74) is 0.952. The van der Waals surface area contributed by atoms with Crippen molar-refractivity contribution in [3.63, 3.8) is 0 Å². The first kappa shape index (κ1) is 14.0. The normalized spacial score (nSPS) is 10.9. The maximum Gasteiger partial charge on any atom is 0.387 e. The Morgan fingerprint density at radius 1 is 1.18 bits per heavy atom. The number of para-hydroxylation sites is 2. The molecule has 22 heavy (non-hydrogen) atoms. The van der Waals surface area contributed by atoms with Gasteiger partial charge < -0.3 is 14.5 Å². The average Bonchev–Trinajstić information content (AvgIpc) is 2.93. The number of hydrogen-bond donors (Lipinski definition) is 1. The van der Waals surface area contributed by atoms with Gasteiger partial charge in [0, 0.05) is 12.4 Å². The van der Waals surface area contributed by atoms with Crippen LogP contribution in [-0.4, -0.2) is 21.9 Å². The minimum Gasteiger partial charge on any atom is -0.433 e. The molecule has 0 saturated heterocycles. The lowest BCUT2D eigenvalue weighted by molar-refractivity contribution is -0.0493. The number of nitrogens with zero attached hydrogens (tertiary/aromatic N) is 2. The van der Waals surface area contributed by atoms with E-state index in [4.69, 9.17) is 0 Å². The molecule has 0 fully saturated rings. The zero-order chi connectivity index (χ0) is 15.5. The molecular formula is C15H11F2N3O2. The lowest BCUT2D eigenvalue weighted by atomic mass is 10.3. The SMILES string of the molecule is O=C(Nc1ccccc1OC(F)F)c1cn2ccccc2n1. The highest BCUT2D eigenvalue weighted by Crippen LogP contribution is 2.25. The molecule has 1 amide bonds. The van der Waals surface area contributed by atoms with Gasteiger partial charge in [0.2, 0.25) is 0 Å². The Bertz CT molecular complexity index is 784. The molecule has 0 aliphatic heterocycles. The number of nitrogens with one attached hydrogen (secondary N) is 1. The summed E-state index contributed by atoms with van der Waals surface area (Å²) in [5, 5.41) is 2.52. The Labute approximate surface area is 124 Å². The first-order chi connectivity index (χ1) is 10.6. The van der Waals surface area contributed by atoms with Gasteiger partial charge in [-0.05, 0) is 24.3 Å². The van der Waals surface area contributed by atoms with Gasteiger partial charge in [0.1, 0.15) is 17.1 Å². The number of alkyl halides is 2. The molecule has 7 heteroatoms. The van der Waals surface area contributed by atoms with Gasteiger partial charge in [0.25, 0.3) is 5.91 Å². The number of hydrogen-bond acceptors (Lipinski definition) is 3. The van der Waals surface area contributed by atoms with Crippen LogP contribution in [0.1, 0.15) is 10.5 Å². The smallest absolute Gasteiger partial charge is 0.387 e. The van der Waals surface area contributed by atoms with E-state index in [0.717, 1.165) is 0 Å². The molecule has 1 N–H and O–H groups in total. The lowest BCUT2D eigenvalue weighted by Gasteiger charge is -2.10. The number of benzene rings is 1. The molecule has 0 radical (unpaired) electrons. The molecule has 0 saturated carbocycles. The van der Waals surface area contributed by atoms with Crippen molar-refractivity contribution in [3.05, 3.63) is 60.6 Å². The largest absolute Gasteiger partial charge is 0.433 e. The van der Waals surface area contributed by atoms with E-state index >= 15 is 0 Å². The second-order valence-electron chi connectivity index (χ2n) is 4.42. The number of carbonyl (C=O) groups excluding carboxylic acids is 1. The van der Waals surface area contributed by atoms with E-state index in [1.54, 1.807) is 35.0 Å². The maximum atomic E-state index is 12.3. The summed E-state index contributed by atoms with van der Waals surface area (Å²) in [6.45, 7) is -2.96. The summed E-state index contributed by atoms with van der Waals surface area (Å²) < 4.78 is 30.8. The van der Waals surface area contributed by atoms with E-state index in [0.29, 0.717) is 5.65 Å². The molecule has 2 aromatic heterocycles. The molecule has 0 aliphatic carbocycles. The number of pyridine rings is 1. The Morgan fingerprint density at radius 2 is 1.95 bits per heavy atom. The van der Waals surface area contributed by atoms with Gasteiger partial charge >= 0.3 is 6.61 Å². The third-order valence-electron chi connectivity index (χ3n) is 2.95. The fourth-order valence-corrected chi connectivity index (χ4v) is 2.00. The molecule has 112 valence electrons. The van der Waals surface area contributed by atoms with Gasteiger partial charge in [-0.1, -0.05) is 18.2 Å². The third-order valence-corrected chi connectivity index (χ3v) is 2.95. The zero-order valence-corrected chi connectivity index (χ0v) is 11.2.